The highest BCUT2D eigenvalue weighted by Gasteiger charge is 2.19. The van der Waals surface area contributed by atoms with Gasteiger partial charge in [0.2, 0.25) is 0 Å². The van der Waals surface area contributed by atoms with Gasteiger partial charge in [-0.3, -0.25) is 0 Å². The summed E-state index contributed by atoms with van der Waals surface area (Å²) in [5.41, 5.74) is 3.87. The SMILES string of the molecule is CCc1cc(Br)ccc1-n1cncc1C1CCCCN1. The second-order valence-electron chi connectivity index (χ2n) is 5.32. The smallest absolute Gasteiger partial charge is 0.0994 e. The van der Waals surface area contributed by atoms with Crippen molar-refractivity contribution in [1.82, 2.24) is 14.9 Å². The fourth-order valence-corrected chi connectivity index (χ4v) is 3.35. The highest BCUT2D eigenvalue weighted by Crippen LogP contribution is 2.27. The van der Waals surface area contributed by atoms with Crippen molar-refractivity contribution in [2.75, 3.05) is 6.54 Å². The van der Waals surface area contributed by atoms with E-state index in [1.807, 2.05) is 12.5 Å². The van der Waals surface area contributed by atoms with Crippen LogP contribution in [0, 0.1) is 0 Å². The summed E-state index contributed by atoms with van der Waals surface area (Å²) in [5.74, 6) is 0. The lowest BCUT2D eigenvalue weighted by molar-refractivity contribution is 0.401. The molecule has 1 saturated heterocycles. The van der Waals surface area contributed by atoms with E-state index >= 15 is 0 Å². The molecule has 1 aromatic carbocycles. The standard InChI is InChI=1S/C16H20BrN3/c1-2-12-9-13(17)6-7-15(12)20-11-18-10-16(20)14-5-3-4-8-19-14/h6-7,9-11,14,19H,2-5,8H2,1H3. The van der Waals surface area contributed by atoms with E-state index in [0.29, 0.717) is 6.04 Å². The zero-order valence-corrected chi connectivity index (χ0v) is 13.4. The maximum atomic E-state index is 4.38. The Balaban J connectivity index is 2.00. The Morgan fingerprint density at radius 2 is 2.30 bits per heavy atom. The zero-order chi connectivity index (χ0) is 13.9. The molecule has 2 heterocycles. The molecule has 1 unspecified atom stereocenters. The number of benzene rings is 1. The minimum absolute atomic E-state index is 0.430. The lowest BCUT2D eigenvalue weighted by Crippen LogP contribution is -2.28. The third-order valence-electron chi connectivity index (χ3n) is 4.02. The number of aryl methyl sites for hydroxylation is 1. The van der Waals surface area contributed by atoms with Gasteiger partial charge in [-0.2, -0.15) is 0 Å². The van der Waals surface area contributed by atoms with Gasteiger partial charge in [0, 0.05) is 10.5 Å². The maximum absolute atomic E-state index is 4.38. The molecule has 0 radical (unpaired) electrons. The molecule has 20 heavy (non-hydrogen) atoms. The van der Waals surface area contributed by atoms with Gasteiger partial charge < -0.3 is 9.88 Å². The van der Waals surface area contributed by atoms with Crippen LogP contribution in [0.5, 0.6) is 0 Å². The lowest BCUT2D eigenvalue weighted by atomic mass is 10.0. The predicted molar refractivity (Wildman–Crippen MR) is 85.2 cm³/mol. The Kier molecular flexibility index (Phi) is 4.22. The number of piperidine rings is 1. The molecule has 1 fully saturated rings. The molecule has 1 aliphatic heterocycles. The highest BCUT2D eigenvalue weighted by molar-refractivity contribution is 9.10. The summed E-state index contributed by atoms with van der Waals surface area (Å²) < 4.78 is 3.38. The van der Waals surface area contributed by atoms with E-state index in [9.17, 15) is 0 Å². The number of aromatic nitrogens is 2. The molecular formula is C16H20BrN3. The summed E-state index contributed by atoms with van der Waals surface area (Å²) >= 11 is 3.56. The number of hydrogen-bond acceptors (Lipinski definition) is 2. The fourth-order valence-electron chi connectivity index (χ4n) is 2.94. The number of hydrogen-bond donors (Lipinski definition) is 1. The normalized spacial score (nSPS) is 19.2. The van der Waals surface area contributed by atoms with Crippen molar-refractivity contribution in [3.8, 4) is 5.69 Å². The number of nitrogens with one attached hydrogen (secondary N) is 1. The maximum Gasteiger partial charge on any atom is 0.0994 e. The molecular weight excluding hydrogens is 314 g/mol. The van der Waals surface area contributed by atoms with Gasteiger partial charge in [0.05, 0.1) is 23.9 Å². The van der Waals surface area contributed by atoms with Gasteiger partial charge >= 0.3 is 0 Å². The van der Waals surface area contributed by atoms with Gasteiger partial charge in [-0.15, -0.1) is 0 Å². The van der Waals surface area contributed by atoms with E-state index in [0.717, 1.165) is 17.4 Å². The molecule has 1 aromatic heterocycles. The van der Waals surface area contributed by atoms with Crippen molar-refractivity contribution in [3.05, 3.63) is 46.5 Å². The molecule has 1 aliphatic rings. The van der Waals surface area contributed by atoms with E-state index in [1.165, 1.54) is 36.2 Å². The van der Waals surface area contributed by atoms with Crippen LogP contribution >= 0.6 is 15.9 Å². The molecule has 3 nitrogen and oxygen atoms in total. The Labute approximate surface area is 128 Å². The van der Waals surface area contributed by atoms with Gasteiger partial charge in [-0.05, 0) is 49.6 Å². The van der Waals surface area contributed by atoms with Crippen molar-refractivity contribution in [1.29, 1.82) is 0 Å². The van der Waals surface area contributed by atoms with Crippen LogP contribution in [-0.2, 0) is 6.42 Å². The first-order chi connectivity index (χ1) is 9.79. The second kappa shape index (κ2) is 6.10. The van der Waals surface area contributed by atoms with Crippen LogP contribution in [0.25, 0.3) is 5.69 Å². The van der Waals surface area contributed by atoms with Crippen molar-refractivity contribution in [2.45, 2.75) is 38.6 Å². The Hall–Kier alpha value is -1.13. The van der Waals surface area contributed by atoms with E-state index < -0.39 is 0 Å². The van der Waals surface area contributed by atoms with Crippen LogP contribution in [0.2, 0.25) is 0 Å². The van der Waals surface area contributed by atoms with E-state index in [-0.39, 0.29) is 0 Å². The van der Waals surface area contributed by atoms with E-state index in [2.05, 4.69) is 55.9 Å². The molecule has 0 aliphatic carbocycles. The van der Waals surface area contributed by atoms with Crippen LogP contribution in [-0.4, -0.2) is 16.1 Å². The third-order valence-corrected chi connectivity index (χ3v) is 4.51. The highest BCUT2D eigenvalue weighted by atomic mass is 79.9. The number of imidazole rings is 1. The summed E-state index contributed by atoms with van der Waals surface area (Å²) in [6, 6.07) is 6.91. The molecule has 0 amide bonds. The quantitative estimate of drug-likeness (QED) is 0.919. The molecule has 0 bridgehead atoms. The lowest BCUT2D eigenvalue weighted by Gasteiger charge is -2.25. The topological polar surface area (TPSA) is 29.9 Å². The number of rotatable bonds is 3. The number of nitrogens with zero attached hydrogens (tertiary/aromatic N) is 2. The van der Waals surface area contributed by atoms with Crippen molar-refractivity contribution in [2.24, 2.45) is 0 Å². The van der Waals surface area contributed by atoms with Crippen LogP contribution in [0.3, 0.4) is 0 Å². The first kappa shape index (κ1) is 13.8. The van der Waals surface area contributed by atoms with Crippen molar-refractivity contribution < 1.29 is 0 Å². The molecule has 4 heteroatoms. The summed E-state index contributed by atoms with van der Waals surface area (Å²) in [6.45, 7) is 3.30. The van der Waals surface area contributed by atoms with Crippen molar-refractivity contribution >= 4 is 15.9 Å². The molecule has 3 rings (SSSR count). The third kappa shape index (κ3) is 2.67. The van der Waals surface area contributed by atoms with Crippen molar-refractivity contribution in [3.63, 3.8) is 0 Å². The monoisotopic (exact) mass is 333 g/mol. The molecule has 1 N–H and O–H groups in total. The minimum atomic E-state index is 0.430. The van der Waals surface area contributed by atoms with Crippen LogP contribution < -0.4 is 5.32 Å². The van der Waals surface area contributed by atoms with Gasteiger partial charge in [0.15, 0.2) is 0 Å². The van der Waals surface area contributed by atoms with E-state index in [1.54, 1.807) is 0 Å². The fraction of sp³-hybridized carbons (Fsp3) is 0.438. The van der Waals surface area contributed by atoms with Gasteiger partial charge in [0.25, 0.3) is 0 Å². The molecule has 106 valence electrons. The first-order valence-corrected chi connectivity index (χ1v) is 8.13. The number of halogens is 1. The summed E-state index contributed by atoms with van der Waals surface area (Å²) in [5, 5.41) is 3.61. The summed E-state index contributed by atoms with van der Waals surface area (Å²) in [4.78, 5) is 4.38. The predicted octanol–water partition coefficient (Wildman–Crippen LogP) is 4.01. The van der Waals surface area contributed by atoms with Crippen LogP contribution in [0.4, 0.5) is 0 Å². The first-order valence-electron chi connectivity index (χ1n) is 7.34. The Bertz CT molecular complexity index is 585. The summed E-state index contributed by atoms with van der Waals surface area (Å²) in [6.07, 6.45) is 8.74. The van der Waals surface area contributed by atoms with E-state index in [4.69, 9.17) is 0 Å². The average molecular weight is 334 g/mol. The van der Waals surface area contributed by atoms with Gasteiger partial charge in [0.1, 0.15) is 0 Å². The molecule has 0 spiro atoms. The average Bonchev–Trinajstić information content (AvgIpc) is 2.97. The second-order valence-corrected chi connectivity index (χ2v) is 6.23. The molecule has 0 saturated carbocycles. The zero-order valence-electron chi connectivity index (χ0n) is 11.8. The van der Waals surface area contributed by atoms with Crippen LogP contribution in [0.1, 0.15) is 43.5 Å². The minimum Gasteiger partial charge on any atom is -0.309 e. The Morgan fingerprint density at radius 3 is 3.05 bits per heavy atom. The largest absolute Gasteiger partial charge is 0.309 e. The summed E-state index contributed by atoms with van der Waals surface area (Å²) in [7, 11) is 0. The molecule has 2 aromatic rings. The van der Waals surface area contributed by atoms with Gasteiger partial charge in [-0.1, -0.05) is 29.3 Å². The molecule has 1 atom stereocenters. The van der Waals surface area contributed by atoms with Gasteiger partial charge in [-0.25, -0.2) is 4.98 Å². The van der Waals surface area contributed by atoms with Crippen LogP contribution in [0.15, 0.2) is 35.2 Å². The Morgan fingerprint density at radius 1 is 1.40 bits per heavy atom.